The second-order valence-corrected chi connectivity index (χ2v) is 7.10. The molecule has 1 heterocycles. The van der Waals surface area contributed by atoms with Gasteiger partial charge in [-0.15, -0.1) is 0 Å². The number of halogens is 2. The first-order valence-electron chi connectivity index (χ1n) is 7.03. The molecule has 4 nitrogen and oxygen atoms in total. The Morgan fingerprint density at radius 2 is 1.96 bits per heavy atom. The van der Waals surface area contributed by atoms with Gasteiger partial charge in [-0.05, 0) is 12.1 Å². The summed E-state index contributed by atoms with van der Waals surface area (Å²) in [5.74, 6) is -0.658. The minimum Gasteiger partial charge on any atom is -0.321 e. The van der Waals surface area contributed by atoms with E-state index >= 15 is 0 Å². The van der Waals surface area contributed by atoms with E-state index in [9.17, 15) is 13.4 Å². The smallest absolute Gasteiger partial charge is 0.254 e. The zero-order valence-electron chi connectivity index (χ0n) is 12.0. The SMILES string of the molecule is O=C(Nc1cccc(-c2ccccc2Cl)c1F)[C@H]1NCCS1=O. The molecule has 0 bridgehead atoms. The highest BCUT2D eigenvalue weighted by Crippen LogP contribution is 2.32. The molecule has 1 aliphatic heterocycles. The molecule has 1 saturated heterocycles. The van der Waals surface area contributed by atoms with Crippen LogP contribution in [-0.2, 0) is 15.6 Å². The highest BCUT2D eigenvalue weighted by atomic mass is 35.5. The van der Waals surface area contributed by atoms with Crippen LogP contribution in [0.25, 0.3) is 11.1 Å². The van der Waals surface area contributed by atoms with Gasteiger partial charge >= 0.3 is 0 Å². The van der Waals surface area contributed by atoms with Crippen LogP contribution in [0, 0.1) is 5.82 Å². The Labute approximate surface area is 140 Å². The monoisotopic (exact) mass is 352 g/mol. The van der Waals surface area contributed by atoms with Gasteiger partial charge in [0, 0.05) is 39.2 Å². The van der Waals surface area contributed by atoms with Crippen LogP contribution in [0.3, 0.4) is 0 Å². The van der Waals surface area contributed by atoms with Crippen molar-refractivity contribution in [1.82, 2.24) is 5.32 Å². The fourth-order valence-electron chi connectivity index (χ4n) is 2.43. The van der Waals surface area contributed by atoms with Crippen molar-refractivity contribution in [2.24, 2.45) is 0 Å². The number of benzene rings is 2. The molecule has 120 valence electrons. The lowest BCUT2D eigenvalue weighted by Gasteiger charge is -2.13. The summed E-state index contributed by atoms with van der Waals surface area (Å²) in [4.78, 5) is 12.1. The van der Waals surface area contributed by atoms with Gasteiger partial charge in [0.2, 0.25) is 0 Å². The topological polar surface area (TPSA) is 58.2 Å². The van der Waals surface area contributed by atoms with Gasteiger partial charge in [0.25, 0.3) is 5.91 Å². The Morgan fingerprint density at radius 1 is 1.22 bits per heavy atom. The molecule has 3 rings (SSSR count). The number of amides is 1. The van der Waals surface area contributed by atoms with Gasteiger partial charge in [-0.1, -0.05) is 41.9 Å². The van der Waals surface area contributed by atoms with Crippen LogP contribution in [0.15, 0.2) is 42.5 Å². The molecular weight excluding hydrogens is 339 g/mol. The molecule has 0 saturated carbocycles. The van der Waals surface area contributed by atoms with Gasteiger partial charge in [0.05, 0.1) is 5.69 Å². The van der Waals surface area contributed by atoms with E-state index in [0.29, 0.717) is 28.4 Å². The van der Waals surface area contributed by atoms with E-state index in [0.717, 1.165) is 0 Å². The first-order chi connectivity index (χ1) is 11.1. The van der Waals surface area contributed by atoms with E-state index in [1.54, 1.807) is 36.4 Å². The highest BCUT2D eigenvalue weighted by Gasteiger charge is 2.30. The van der Waals surface area contributed by atoms with Crippen LogP contribution in [0.1, 0.15) is 0 Å². The van der Waals surface area contributed by atoms with E-state index in [-0.39, 0.29) is 5.69 Å². The number of hydrogen-bond donors (Lipinski definition) is 2. The Kier molecular flexibility index (Phi) is 4.75. The molecule has 7 heteroatoms. The fourth-order valence-corrected chi connectivity index (χ4v) is 3.82. The Balaban J connectivity index is 1.90. The van der Waals surface area contributed by atoms with E-state index < -0.39 is 27.9 Å². The van der Waals surface area contributed by atoms with Crippen molar-refractivity contribution in [2.45, 2.75) is 5.37 Å². The molecule has 1 unspecified atom stereocenters. The largest absolute Gasteiger partial charge is 0.321 e. The number of nitrogens with one attached hydrogen (secondary N) is 2. The molecule has 23 heavy (non-hydrogen) atoms. The number of carbonyl (C=O) groups is 1. The molecule has 1 aliphatic rings. The first-order valence-corrected chi connectivity index (χ1v) is 8.79. The summed E-state index contributed by atoms with van der Waals surface area (Å²) in [5, 5.41) is 4.96. The Bertz CT molecular complexity index is 784. The Morgan fingerprint density at radius 3 is 2.65 bits per heavy atom. The zero-order valence-corrected chi connectivity index (χ0v) is 13.6. The molecule has 0 radical (unpaired) electrons. The van der Waals surface area contributed by atoms with Crippen molar-refractivity contribution in [3.8, 4) is 11.1 Å². The van der Waals surface area contributed by atoms with Gasteiger partial charge in [0.1, 0.15) is 0 Å². The molecule has 2 aromatic carbocycles. The van der Waals surface area contributed by atoms with Gasteiger partial charge in [-0.25, -0.2) is 4.39 Å². The molecule has 0 aromatic heterocycles. The van der Waals surface area contributed by atoms with Crippen molar-refractivity contribution >= 4 is 34.0 Å². The predicted octanol–water partition coefficient (Wildman–Crippen LogP) is 2.76. The highest BCUT2D eigenvalue weighted by molar-refractivity contribution is 7.86. The molecule has 2 atom stereocenters. The molecule has 0 aliphatic carbocycles. The lowest BCUT2D eigenvalue weighted by atomic mass is 10.0. The van der Waals surface area contributed by atoms with Crippen LogP contribution < -0.4 is 10.6 Å². The summed E-state index contributed by atoms with van der Waals surface area (Å²) in [6, 6.07) is 11.6. The van der Waals surface area contributed by atoms with Crippen molar-refractivity contribution < 1.29 is 13.4 Å². The van der Waals surface area contributed by atoms with Crippen molar-refractivity contribution in [2.75, 3.05) is 17.6 Å². The minimum absolute atomic E-state index is 0.0399. The third-order valence-electron chi connectivity index (χ3n) is 3.55. The average molecular weight is 353 g/mol. The second kappa shape index (κ2) is 6.78. The van der Waals surface area contributed by atoms with Crippen LogP contribution in [0.5, 0.6) is 0 Å². The maximum Gasteiger partial charge on any atom is 0.254 e. The summed E-state index contributed by atoms with van der Waals surface area (Å²) < 4.78 is 26.4. The summed E-state index contributed by atoms with van der Waals surface area (Å²) in [6.45, 7) is 0.507. The van der Waals surface area contributed by atoms with Crippen LogP contribution in [0.4, 0.5) is 10.1 Å². The molecule has 0 spiro atoms. The number of hydrogen-bond acceptors (Lipinski definition) is 3. The number of carbonyl (C=O) groups excluding carboxylic acids is 1. The third-order valence-corrected chi connectivity index (χ3v) is 5.40. The molecular formula is C16H14ClFN2O2S. The lowest BCUT2D eigenvalue weighted by molar-refractivity contribution is -0.116. The lowest BCUT2D eigenvalue weighted by Crippen LogP contribution is -2.38. The predicted molar refractivity (Wildman–Crippen MR) is 90.3 cm³/mol. The van der Waals surface area contributed by atoms with E-state index in [2.05, 4.69) is 10.6 Å². The normalized spacial score (nSPS) is 20.4. The second-order valence-electron chi connectivity index (χ2n) is 5.06. The number of anilines is 1. The van der Waals surface area contributed by atoms with E-state index in [1.165, 1.54) is 6.07 Å². The van der Waals surface area contributed by atoms with Gasteiger partial charge in [-0.2, -0.15) is 0 Å². The average Bonchev–Trinajstić information content (AvgIpc) is 2.96. The Hall–Kier alpha value is -1.76. The van der Waals surface area contributed by atoms with Crippen LogP contribution >= 0.6 is 11.6 Å². The molecule has 1 fully saturated rings. The maximum absolute atomic E-state index is 14.7. The first kappa shape index (κ1) is 16.1. The van der Waals surface area contributed by atoms with E-state index in [1.807, 2.05) is 0 Å². The standard InChI is InChI=1S/C16H14ClFN2O2S/c17-12-6-2-1-4-10(12)11-5-3-7-13(14(11)18)20-15(21)16-19-8-9-23(16)22/h1-7,16,19H,8-9H2,(H,20,21)/t16-,23?/m0/s1. The molecule has 2 aromatic rings. The summed E-state index contributed by atoms with van der Waals surface area (Å²) >= 11 is 6.11. The van der Waals surface area contributed by atoms with E-state index in [4.69, 9.17) is 11.6 Å². The molecule has 2 N–H and O–H groups in total. The van der Waals surface area contributed by atoms with Gasteiger partial charge < -0.3 is 5.32 Å². The molecule has 1 amide bonds. The maximum atomic E-state index is 14.7. The summed E-state index contributed by atoms with van der Waals surface area (Å²) in [5.41, 5.74) is 0.886. The third kappa shape index (κ3) is 3.29. The van der Waals surface area contributed by atoms with Gasteiger partial charge in [-0.3, -0.25) is 14.3 Å². The van der Waals surface area contributed by atoms with Crippen LogP contribution in [0.2, 0.25) is 5.02 Å². The number of rotatable bonds is 3. The van der Waals surface area contributed by atoms with Crippen molar-refractivity contribution in [1.29, 1.82) is 0 Å². The van der Waals surface area contributed by atoms with Crippen molar-refractivity contribution in [3.05, 3.63) is 53.3 Å². The zero-order chi connectivity index (χ0) is 16.4. The fraction of sp³-hybridized carbons (Fsp3) is 0.188. The van der Waals surface area contributed by atoms with Gasteiger partial charge in [0.15, 0.2) is 11.2 Å². The minimum atomic E-state index is -1.28. The van der Waals surface area contributed by atoms with Crippen LogP contribution in [-0.4, -0.2) is 27.8 Å². The summed E-state index contributed by atoms with van der Waals surface area (Å²) in [7, 11) is -1.28. The quantitative estimate of drug-likeness (QED) is 0.893. The summed E-state index contributed by atoms with van der Waals surface area (Å²) in [6.07, 6.45) is 0. The van der Waals surface area contributed by atoms with Crippen molar-refractivity contribution in [3.63, 3.8) is 0 Å².